The van der Waals surface area contributed by atoms with Gasteiger partial charge in [0.25, 0.3) is 11.8 Å². The molecular formula is C21H20FN5O2. The average molecular weight is 393 g/mol. The normalized spacial score (nSPS) is 10.4. The maximum absolute atomic E-state index is 13.4. The molecule has 0 aliphatic rings. The molecule has 0 unspecified atom stereocenters. The molecule has 4 N–H and O–H groups in total. The van der Waals surface area contributed by atoms with E-state index in [0.29, 0.717) is 22.4 Å². The molecule has 1 aromatic heterocycles. The van der Waals surface area contributed by atoms with Gasteiger partial charge in [-0.05, 0) is 42.3 Å². The topological polar surface area (TPSA) is 110 Å². The lowest BCUT2D eigenvalue weighted by Gasteiger charge is -2.10. The minimum absolute atomic E-state index is 0.0152. The Morgan fingerprint density at radius 1 is 1.14 bits per heavy atom. The maximum atomic E-state index is 13.4. The molecule has 29 heavy (non-hydrogen) atoms. The summed E-state index contributed by atoms with van der Waals surface area (Å²) in [4.78, 5) is 32.7. The average Bonchev–Trinajstić information content (AvgIpc) is 2.74. The van der Waals surface area contributed by atoms with Gasteiger partial charge in [-0.3, -0.25) is 9.59 Å². The van der Waals surface area contributed by atoms with Gasteiger partial charge in [-0.1, -0.05) is 18.2 Å². The summed E-state index contributed by atoms with van der Waals surface area (Å²) in [6.07, 6.45) is 1.44. The number of amides is 2. The monoisotopic (exact) mass is 393 g/mol. The number of aryl methyl sites for hydroxylation is 1. The Balaban J connectivity index is 1.81. The van der Waals surface area contributed by atoms with Crippen molar-refractivity contribution in [3.63, 3.8) is 0 Å². The molecule has 7 nitrogen and oxygen atoms in total. The lowest BCUT2D eigenvalue weighted by Crippen LogP contribution is -2.23. The molecule has 0 saturated heterocycles. The molecule has 1 heterocycles. The minimum atomic E-state index is -0.448. The molecule has 0 spiro atoms. The first-order chi connectivity index (χ1) is 13.9. The van der Waals surface area contributed by atoms with Crippen LogP contribution in [-0.4, -0.2) is 28.8 Å². The van der Waals surface area contributed by atoms with Gasteiger partial charge in [0.15, 0.2) is 11.5 Å². The van der Waals surface area contributed by atoms with Gasteiger partial charge in [-0.2, -0.15) is 0 Å². The van der Waals surface area contributed by atoms with E-state index in [1.165, 1.54) is 25.4 Å². The van der Waals surface area contributed by atoms with Gasteiger partial charge in [-0.25, -0.2) is 14.4 Å². The number of halogens is 1. The molecule has 0 saturated carbocycles. The third-order valence-corrected chi connectivity index (χ3v) is 4.41. The van der Waals surface area contributed by atoms with E-state index in [1.807, 2.05) is 6.92 Å². The number of carbonyl (C=O) groups is 2. The molecule has 0 aliphatic carbocycles. The highest BCUT2D eigenvalue weighted by Crippen LogP contribution is 2.20. The summed E-state index contributed by atoms with van der Waals surface area (Å²) in [6.45, 7) is 2.06. The Labute approximate surface area is 167 Å². The van der Waals surface area contributed by atoms with E-state index in [4.69, 9.17) is 5.73 Å². The van der Waals surface area contributed by atoms with E-state index in [0.717, 1.165) is 5.56 Å². The van der Waals surface area contributed by atoms with Gasteiger partial charge in [0.2, 0.25) is 0 Å². The van der Waals surface area contributed by atoms with Gasteiger partial charge in [0, 0.05) is 24.7 Å². The zero-order valence-electron chi connectivity index (χ0n) is 16.0. The van der Waals surface area contributed by atoms with E-state index < -0.39 is 5.91 Å². The van der Waals surface area contributed by atoms with Crippen LogP contribution in [0.15, 0.2) is 48.7 Å². The van der Waals surface area contributed by atoms with Crippen molar-refractivity contribution < 1.29 is 14.0 Å². The molecule has 8 heteroatoms. The number of hydrogen-bond donors (Lipinski definition) is 3. The molecule has 2 aromatic carbocycles. The third kappa shape index (κ3) is 4.55. The number of aromatic nitrogens is 2. The molecular weight excluding hydrogens is 373 g/mol. The van der Waals surface area contributed by atoms with Crippen molar-refractivity contribution >= 4 is 17.6 Å². The van der Waals surface area contributed by atoms with Crippen molar-refractivity contribution in [2.45, 2.75) is 13.5 Å². The van der Waals surface area contributed by atoms with Gasteiger partial charge in [-0.15, -0.1) is 0 Å². The molecule has 0 fully saturated rings. The Bertz CT molecular complexity index is 1080. The van der Waals surface area contributed by atoms with E-state index in [9.17, 15) is 14.0 Å². The Morgan fingerprint density at radius 2 is 1.93 bits per heavy atom. The van der Waals surface area contributed by atoms with Crippen LogP contribution >= 0.6 is 0 Å². The second-order valence-electron chi connectivity index (χ2n) is 6.40. The van der Waals surface area contributed by atoms with E-state index >= 15 is 0 Å². The number of nitrogen functional groups attached to an aromatic ring is 1. The first-order valence-electron chi connectivity index (χ1n) is 8.87. The predicted molar refractivity (Wildman–Crippen MR) is 108 cm³/mol. The fourth-order valence-electron chi connectivity index (χ4n) is 2.75. The number of rotatable bonds is 5. The van der Waals surface area contributed by atoms with Crippen molar-refractivity contribution in [2.24, 2.45) is 0 Å². The Morgan fingerprint density at radius 3 is 2.69 bits per heavy atom. The number of benzene rings is 2. The summed E-state index contributed by atoms with van der Waals surface area (Å²) < 4.78 is 13.4. The summed E-state index contributed by atoms with van der Waals surface area (Å²) in [5, 5.41) is 5.24. The number of anilines is 1. The molecule has 148 valence electrons. The highest BCUT2D eigenvalue weighted by atomic mass is 19.1. The Hall–Kier alpha value is -3.81. The second-order valence-corrected chi connectivity index (χ2v) is 6.40. The predicted octanol–water partition coefficient (Wildman–Crippen LogP) is 2.46. The van der Waals surface area contributed by atoms with Gasteiger partial charge in [0.1, 0.15) is 5.82 Å². The van der Waals surface area contributed by atoms with Crippen molar-refractivity contribution in [3.8, 4) is 11.3 Å². The molecule has 2 amide bonds. The summed E-state index contributed by atoms with van der Waals surface area (Å²) in [6, 6.07) is 11.2. The van der Waals surface area contributed by atoms with Crippen molar-refractivity contribution in [2.75, 3.05) is 12.8 Å². The first-order valence-corrected chi connectivity index (χ1v) is 8.87. The first kappa shape index (κ1) is 19.9. The number of carbonyl (C=O) groups excluding carboxylic acids is 2. The number of nitrogens with two attached hydrogens (primary N) is 1. The summed E-state index contributed by atoms with van der Waals surface area (Å²) in [5.74, 6) is -1.09. The van der Waals surface area contributed by atoms with Crippen LogP contribution < -0.4 is 16.4 Å². The van der Waals surface area contributed by atoms with Gasteiger partial charge < -0.3 is 16.4 Å². The van der Waals surface area contributed by atoms with Crippen LogP contribution in [0.25, 0.3) is 11.3 Å². The smallest absolute Gasteiger partial charge is 0.273 e. The number of nitrogens with one attached hydrogen (secondary N) is 2. The fourth-order valence-corrected chi connectivity index (χ4v) is 2.75. The Kier molecular flexibility index (Phi) is 5.82. The van der Waals surface area contributed by atoms with E-state index in [2.05, 4.69) is 20.6 Å². The fraction of sp³-hybridized carbons (Fsp3) is 0.143. The SMILES string of the molecule is CNC(=O)c1nc(-c2cccc(C(=O)NCc3cc(F)ccc3C)c2)cnc1N. The lowest BCUT2D eigenvalue weighted by molar-refractivity contribution is 0.0945. The summed E-state index contributed by atoms with van der Waals surface area (Å²) >= 11 is 0. The van der Waals surface area contributed by atoms with Crippen LogP contribution in [0, 0.1) is 12.7 Å². The van der Waals surface area contributed by atoms with Crippen molar-refractivity contribution in [1.82, 2.24) is 20.6 Å². The van der Waals surface area contributed by atoms with Crippen LogP contribution in [0.2, 0.25) is 0 Å². The van der Waals surface area contributed by atoms with Gasteiger partial charge >= 0.3 is 0 Å². The third-order valence-electron chi connectivity index (χ3n) is 4.41. The quantitative estimate of drug-likeness (QED) is 0.617. The molecule has 0 bridgehead atoms. The van der Waals surface area contributed by atoms with E-state index in [-0.39, 0.29) is 29.8 Å². The largest absolute Gasteiger partial charge is 0.382 e. The number of hydrogen-bond acceptors (Lipinski definition) is 5. The highest BCUT2D eigenvalue weighted by Gasteiger charge is 2.14. The van der Waals surface area contributed by atoms with Crippen LogP contribution in [0.3, 0.4) is 0 Å². The lowest BCUT2D eigenvalue weighted by atomic mass is 10.1. The highest BCUT2D eigenvalue weighted by molar-refractivity contribution is 5.97. The van der Waals surface area contributed by atoms with Crippen LogP contribution in [0.5, 0.6) is 0 Å². The minimum Gasteiger partial charge on any atom is -0.382 e. The molecule has 0 atom stereocenters. The summed E-state index contributed by atoms with van der Waals surface area (Å²) in [5.41, 5.74) is 8.74. The number of nitrogens with zero attached hydrogens (tertiary/aromatic N) is 2. The van der Waals surface area contributed by atoms with Crippen LogP contribution in [-0.2, 0) is 6.54 Å². The van der Waals surface area contributed by atoms with Gasteiger partial charge in [0.05, 0.1) is 11.9 Å². The van der Waals surface area contributed by atoms with Crippen LogP contribution in [0.1, 0.15) is 32.0 Å². The maximum Gasteiger partial charge on any atom is 0.273 e. The zero-order chi connectivity index (χ0) is 21.0. The summed E-state index contributed by atoms with van der Waals surface area (Å²) in [7, 11) is 1.47. The van der Waals surface area contributed by atoms with Crippen molar-refractivity contribution in [3.05, 3.63) is 76.9 Å². The van der Waals surface area contributed by atoms with Crippen LogP contribution in [0.4, 0.5) is 10.2 Å². The molecule has 0 aliphatic heterocycles. The molecule has 3 aromatic rings. The standard InChI is InChI=1S/C21H20FN5O2/c1-12-6-7-16(22)9-15(12)10-26-20(28)14-5-3-4-13(8-14)17-11-25-19(23)18(27-17)21(29)24-2/h3-9,11H,10H2,1-2H3,(H2,23,25)(H,24,29)(H,26,28). The molecule has 0 radical (unpaired) electrons. The van der Waals surface area contributed by atoms with Crippen molar-refractivity contribution in [1.29, 1.82) is 0 Å². The second kappa shape index (κ2) is 8.47. The molecule has 3 rings (SSSR count). The van der Waals surface area contributed by atoms with E-state index in [1.54, 1.807) is 30.3 Å². The zero-order valence-corrected chi connectivity index (χ0v) is 16.0.